The van der Waals surface area contributed by atoms with Crippen LogP contribution in [0.15, 0.2) is 66.7 Å². The number of aryl methyl sites for hydroxylation is 1. The summed E-state index contributed by atoms with van der Waals surface area (Å²) in [6.45, 7) is 2.04. The highest BCUT2D eigenvalue weighted by atomic mass is 16.4. The number of aromatic carboxylic acids is 1. The molecule has 0 aliphatic heterocycles. The molecule has 0 fully saturated rings. The van der Waals surface area contributed by atoms with Crippen molar-refractivity contribution in [2.75, 3.05) is 12.4 Å². The lowest BCUT2D eigenvalue weighted by Gasteiger charge is -2.10. The van der Waals surface area contributed by atoms with Gasteiger partial charge in [0.1, 0.15) is 0 Å². The van der Waals surface area contributed by atoms with Crippen molar-refractivity contribution in [1.82, 2.24) is 5.32 Å². The predicted octanol–water partition coefficient (Wildman–Crippen LogP) is 3.90. The molecule has 3 N–H and O–H groups in total. The minimum Gasteiger partial charge on any atom is -0.478 e. The van der Waals surface area contributed by atoms with Gasteiger partial charge in [0.15, 0.2) is 0 Å². The molecule has 0 atom stereocenters. The lowest BCUT2D eigenvalue weighted by Crippen LogP contribution is -2.21. The van der Waals surface area contributed by atoms with Gasteiger partial charge >= 0.3 is 5.97 Å². The van der Waals surface area contributed by atoms with Gasteiger partial charge in [0.2, 0.25) is 0 Å². The highest BCUT2D eigenvalue weighted by Crippen LogP contribution is 2.18. The van der Waals surface area contributed by atoms with Crippen molar-refractivity contribution in [3.63, 3.8) is 0 Å². The summed E-state index contributed by atoms with van der Waals surface area (Å²) in [5.74, 6) is -2.23. The van der Waals surface area contributed by atoms with Crippen molar-refractivity contribution >= 4 is 23.5 Å². The number of amides is 2. The van der Waals surface area contributed by atoms with E-state index in [1.54, 1.807) is 12.1 Å². The molecule has 0 saturated heterocycles. The van der Waals surface area contributed by atoms with E-state index >= 15 is 0 Å². The van der Waals surface area contributed by atoms with Crippen LogP contribution in [0.2, 0.25) is 0 Å². The summed E-state index contributed by atoms with van der Waals surface area (Å²) in [4.78, 5) is 36.0. The van der Waals surface area contributed by atoms with Crippen molar-refractivity contribution in [1.29, 1.82) is 0 Å². The summed E-state index contributed by atoms with van der Waals surface area (Å²) >= 11 is 0. The highest BCUT2D eigenvalue weighted by Gasteiger charge is 2.19. The van der Waals surface area contributed by atoms with E-state index < -0.39 is 17.8 Å². The van der Waals surface area contributed by atoms with Crippen LogP contribution in [0.1, 0.15) is 47.8 Å². The van der Waals surface area contributed by atoms with Crippen molar-refractivity contribution < 1.29 is 19.5 Å². The average molecular weight is 402 g/mol. The first kappa shape index (κ1) is 20.8. The first-order valence-corrected chi connectivity index (χ1v) is 9.42. The maximum absolute atomic E-state index is 12.7. The van der Waals surface area contributed by atoms with Crippen molar-refractivity contribution in [2.45, 2.75) is 13.3 Å². The SMILES string of the molecule is CNC(=O)c1ccc(C(=O)O)c(C(=O)Nc2ccc(Cc3ccc(C)cc3)cc2)c1. The van der Waals surface area contributed by atoms with Gasteiger partial charge in [-0.1, -0.05) is 42.0 Å². The molecule has 0 heterocycles. The van der Waals surface area contributed by atoms with Crippen LogP contribution in [0.5, 0.6) is 0 Å². The van der Waals surface area contributed by atoms with Gasteiger partial charge in [-0.3, -0.25) is 9.59 Å². The second-order valence-electron chi connectivity index (χ2n) is 6.96. The van der Waals surface area contributed by atoms with Crippen LogP contribution >= 0.6 is 0 Å². The summed E-state index contributed by atoms with van der Waals surface area (Å²) in [6, 6.07) is 19.6. The van der Waals surface area contributed by atoms with Crippen LogP contribution in [-0.2, 0) is 6.42 Å². The molecule has 0 aromatic heterocycles. The van der Waals surface area contributed by atoms with Crippen molar-refractivity contribution in [3.8, 4) is 0 Å². The predicted molar refractivity (Wildman–Crippen MR) is 115 cm³/mol. The Labute approximate surface area is 174 Å². The smallest absolute Gasteiger partial charge is 0.336 e. The Kier molecular flexibility index (Phi) is 6.27. The zero-order valence-electron chi connectivity index (χ0n) is 16.7. The standard InChI is InChI=1S/C24H22N2O4/c1-15-3-5-16(6-4-15)13-17-7-10-19(11-8-17)26-23(28)21-14-18(22(27)25-2)9-12-20(21)24(29)30/h3-12,14H,13H2,1-2H3,(H,25,27)(H,26,28)(H,29,30). The van der Waals surface area contributed by atoms with Crippen molar-refractivity contribution in [2.24, 2.45) is 0 Å². The Morgan fingerprint density at radius 1 is 0.800 bits per heavy atom. The Morgan fingerprint density at radius 3 is 1.97 bits per heavy atom. The maximum Gasteiger partial charge on any atom is 0.336 e. The lowest BCUT2D eigenvalue weighted by atomic mass is 10.0. The molecule has 0 aliphatic carbocycles. The summed E-state index contributed by atoms with van der Waals surface area (Å²) in [7, 11) is 1.46. The number of nitrogens with one attached hydrogen (secondary N) is 2. The number of hydrogen-bond acceptors (Lipinski definition) is 3. The number of hydrogen-bond donors (Lipinski definition) is 3. The largest absolute Gasteiger partial charge is 0.478 e. The van der Waals surface area contributed by atoms with Gasteiger partial charge in [-0.25, -0.2) is 4.79 Å². The van der Waals surface area contributed by atoms with Gasteiger partial charge in [-0.05, 0) is 54.8 Å². The molecule has 0 unspecified atom stereocenters. The number of rotatable bonds is 6. The van der Waals surface area contributed by atoms with E-state index in [2.05, 4.69) is 34.9 Å². The van der Waals surface area contributed by atoms with E-state index in [9.17, 15) is 19.5 Å². The summed E-state index contributed by atoms with van der Waals surface area (Å²) in [6.07, 6.45) is 0.770. The van der Waals surface area contributed by atoms with E-state index in [4.69, 9.17) is 0 Å². The zero-order valence-corrected chi connectivity index (χ0v) is 16.7. The topological polar surface area (TPSA) is 95.5 Å². The molecule has 6 heteroatoms. The lowest BCUT2D eigenvalue weighted by molar-refractivity contribution is 0.0692. The summed E-state index contributed by atoms with van der Waals surface area (Å²) < 4.78 is 0. The van der Waals surface area contributed by atoms with Gasteiger partial charge in [0.05, 0.1) is 11.1 Å². The second kappa shape index (κ2) is 9.05. The van der Waals surface area contributed by atoms with E-state index in [1.807, 2.05) is 19.1 Å². The maximum atomic E-state index is 12.7. The van der Waals surface area contributed by atoms with Gasteiger partial charge in [-0.2, -0.15) is 0 Å². The Hall–Kier alpha value is -3.93. The fourth-order valence-electron chi connectivity index (χ4n) is 3.05. The third-order valence-corrected chi connectivity index (χ3v) is 4.72. The second-order valence-corrected chi connectivity index (χ2v) is 6.96. The number of carbonyl (C=O) groups is 3. The first-order valence-electron chi connectivity index (χ1n) is 9.42. The number of carboxylic acid groups (broad SMARTS) is 1. The molecule has 152 valence electrons. The number of carbonyl (C=O) groups excluding carboxylic acids is 2. The molecule has 0 saturated carbocycles. The molecule has 0 radical (unpaired) electrons. The zero-order chi connectivity index (χ0) is 21.7. The minimum absolute atomic E-state index is 0.0765. The third-order valence-electron chi connectivity index (χ3n) is 4.72. The number of benzene rings is 3. The van der Waals surface area contributed by atoms with Gasteiger partial charge in [0.25, 0.3) is 11.8 Å². The molecule has 30 heavy (non-hydrogen) atoms. The monoisotopic (exact) mass is 402 g/mol. The molecule has 0 bridgehead atoms. The van der Waals surface area contributed by atoms with E-state index in [0.717, 1.165) is 12.0 Å². The van der Waals surface area contributed by atoms with E-state index in [1.165, 1.54) is 36.4 Å². The normalized spacial score (nSPS) is 10.3. The summed E-state index contributed by atoms with van der Waals surface area (Å²) in [5, 5.41) is 14.5. The van der Waals surface area contributed by atoms with Crippen LogP contribution in [0.25, 0.3) is 0 Å². The Balaban J connectivity index is 1.77. The average Bonchev–Trinajstić information content (AvgIpc) is 2.75. The van der Waals surface area contributed by atoms with Crippen LogP contribution < -0.4 is 10.6 Å². The minimum atomic E-state index is -1.24. The van der Waals surface area contributed by atoms with Gasteiger partial charge in [0, 0.05) is 18.3 Å². The quantitative estimate of drug-likeness (QED) is 0.583. The van der Waals surface area contributed by atoms with Gasteiger partial charge < -0.3 is 15.7 Å². The molecule has 3 aromatic rings. The molecule has 0 aliphatic rings. The summed E-state index contributed by atoms with van der Waals surface area (Å²) in [5.41, 5.74) is 3.98. The molecular weight excluding hydrogens is 380 g/mol. The Bertz CT molecular complexity index is 1090. The van der Waals surface area contributed by atoms with Crippen LogP contribution in [0.3, 0.4) is 0 Å². The van der Waals surface area contributed by atoms with Gasteiger partial charge in [-0.15, -0.1) is 0 Å². The fourth-order valence-corrected chi connectivity index (χ4v) is 3.05. The van der Waals surface area contributed by atoms with Crippen LogP contribution in [0, 0.1) is 6.92 Å². The van der Waals surface area contributed by atoms with Crippen LogP contribution in [0.4, 0.5) is 5.69 Å². The third kappa shape index (κ3) is 4.91. The Morgan fingerprint density at radius 2 is 1.40 bits per heavy atom. The van der Waals surface area contributed by atoms with E-state index in [0.29, 0.717) is 5.69 Å². The van der Waals surface area contributed by atoms with E-state index in [-0.39, 0.29) is 16.7 Å². The van der Waals surface area contributed by atoms with Crippen LogP contribution in [-0.4, -0.2) is 29.9 Å². The van der Waals surface area contributed by atoms with Crippen molar-refractivity contribution in [3.05, 3.63) is 100 Å². The number of carboxylic acids is 1. The molecule has 6 nitrogen and oxygen atoms in total. The highest BCUT2D eigenvalue weighted by molar-refractivity contribution is 6.12. The molecule has 3 aromatic carbocycles. The molecule has 0 spiro atoms. The molecular formula is C24H22N2O4. The fraction of sp³-hybridized carbons (Fsp3) is 0.125. The molecule has 3 rings (SSSR count). The first-order chi connectivity index (χ1) is 14.4. The number of anilines is 1. The molecule has 2 amide bonds.